The van der Waals surface area contributed by atoms with E-state index in [1.165, 1.54) is 0 Å². The predicted octanol–water partition coefficient (Wildman–Crippen LogP) is 3.83. The maximum atomic E-state index is 12.2. The van der Waals surface area contributed by atoms with E-state index < -0.39 is 0 Å². The molecule has 126 valence electrons. The number of rotatable bonds is 4. The topological polar surface area (TPSA) is 58.2 Å². The van der Waals surface area contributed by atoms with Gasteiger partial charge in [0.05, 0.1) is 6.54 Å². The van der Waals surface area contributed by atoms with Crippen LogP contribution in [0.15, 0.2) is 60.7 Å². The molecule has 25 heavy (non-hydrogen) atoms. The summed E-state index contributed by atoms with van der Waals surface area (Å²) in [6, 6.07) is 19.1. The molecule has 0 heterocycles. The van der Waals surface area contributed by atoms with Crippen LogP contribution in [0.1, 0.15) is 21.5 Å². The highest BCUT2D eigenvalue weighted by atomic mass is 16.2. The molecule has 2 amide bonds. The van der Waals surface area contributed by atoms with Crippen molar-refractivity contribution in [2.24, 2.45) is 0 Å². The Hall–Kier alpha value is -3.14. The molecule has 4 heteroatoms. The van der Waals surface area contributed by atoms with Gasteiger partial charge in [0.25, 0.3) is 5.91 Å². The van der Waals surface area contributed by atoms with E-state index >= 15 is 0 Å². The van der Waals surface area contributed by atoms with Gasteiger partial charge < -0.3 is 10.6 Å². The summed E-state index contributed by atoms with van der Waals surface area (Å²) in [5.74, 6) is -0.510. The van der Waals surface area contributed by atoms with E-state index in [-0.39, 0.29) is 18.4 Å². The van der Waals surface area contributed by atoms with E-state index in [0.29, 0.717) is 5.56 Å². The third-order valence-electron chi connectivity index (χ3n) is 4.24. The normalized spacial score (nSPS) is 10.5. The Kier molecular flexibility index (Phi) is 4.80. The summed E-state index contributed by atoms with van der Waals surface area (Å²) in [7, 11) is 0. The summed E-state index contributed by atoms with van der Waals surface area (Å²) in [5, 5.41) is 7.55. The number of amides is 2. The van der Waals surface area contributed by atoms with E-state index in [1.54, 1.807) is 6.07 Å². The smallest absolute Gasteiger partial charge is 0.251 e. The Morgan fingerprint density at radius 2 is 1.64 bits per heavy atom. The Bertz CT molecular complexity index is 942. The van der Waals surface area contributed by atoms with Gasteiger partial charge in [-0.3, -0.25) is 9.59 Å². The fourth-order valence-corrected chi connectivity index (χ4v) is 2.67. The molecule has 4 nitrogen and oxygen atoms in total. The van der Waals surface area contributed by atoms with Crippen molar-refractivity contribution in [1.29, 1.82) is 0 Å². The number of anilines is 1. The number of benzene rings is 3. The average molecular weight is 332 g/mol. The molecule has 0 radical (unpaired) electrons. The fraction of sp³-hybridized carbons (Fsp3) is 0.143. The molecule has 2 N–H and O–H groups in total. The number of hydrogen-bond acceptors (Lipinski definition) is 2. The molecule has 0 aliphatic carbocycles. The van der Waals surface area contributed by atoms with Gasteiger partial charge in [-0.25, -0.2) is 0 Å². The van der Waals surface area contributed by atoms with E-state index in [2.05, 4.69) is 10.6 Å². The van der Waals surface area contributed by atoms with Crippen molar-refractivity contribution in [3.8, 4) is 0 Å². The Morgan fingerprint density at radius 3 is 2.44 bits per heavy atom. The Balaban J connectivity index is 1.64. The first-order valence-corrected chi connectivity index (χ1v) is 8.17. The summed E-state index contributed by atoms with van der Waals surface area (Å²) in [4.78, 5) is 24.4. The van der Waals surface area contributed by atoms with Crippen LogP contribution >= 0.6 is 0 Å². The quantitative estimate of drug-likeness (QED) is 0.763. The Morgan fingerprint density at radius 1 is 0.880 bits per heavy atom. The van der Waals surface area contributed by atoms with Crippen LogP contribution in [0.4, 0.5) is 5.69 Å². The standard InChI is InChI=1S/C21H20N2O2/c1-14-10-11-17(12-15(14)2)21(25)22-13-20(24)23-19-9-5-7-16-6-3-4-8-18(16)19/h3-12H,13H2,1-2H3,(H,22,25)(H,23,24). The van der Waals surface area contributed by atoms with Gasteiger partial charge in [-0.1, -0.05) is 42.5 Å². The highest BCUT2D eigenvalue weighted by Gasteiger charge is 2.10. The first kappa shape index (κ1) is 16.7. The average Bonchev–Trinajstić information content (AvgIpc) is 2.62. The third kappa shape index (κ3) is 3.86. The van der Waals surface area contributed by atoms with E-state index in [9.17, 15) is 9.59 Å². The number of fused-ring (bicyclic) bond motifs is 1. The molecule has 3 rings (SSSR count). The highest BCUT2D eigenvalue weighted by molar-refractivity contribution is 6.04. The molecule has 0 saturated carbocycles. The molecule has 0 unspecified atom stereocenters. The number of carbonyl (C=O) groups excluding carboxylic acids is 2. The minimum absolute atomic E-state index is 0.0744. The van der Waals surface area contributed by atoms with Crippen molar-refractivity contribution in [2.75, 3.05) is 11.9 Å². The summed E-state index contributed by atoms with van der Waals surface area (Å²) in [5.41, 5.74) is 3.47. The van der Waals surface area contributed by atoms with Gasteiger partial charge in [-0.2, -0.15) is 0 Å². The molecule has 0 bridgehead atoms. The SMILES string of the molecule is Cc1ccc(C(=O)NCC(=O)Nc2cccc3ccccc23)cc1C. The zero-order valence-corrected chi connectivity index (χ0v) is 14.3. The zero-order valence-electron chi connectivity index (χ0n) is 14.3. The Labute approximate surface area is 146 Å². The number of aryl methyl sites for hydroxylation is 2. The lowest BCUT2D eigenvalue weighted by molar-refractivity contribution is -0.115. The van der Waals surface area contributed by atoms with Crippen LogP contribution in [0.5, 0.6) is 0 Å². The van der Waals surface area contributed by atoms with Crippen LogP contribution in [-0.4, -0.2) is 18.4 Å². The molecule has 3 aromatic rings. The monoisotopic (exact) mass is 332 g/mol. The van der Waals surface area contributed by atoms with Crippen LogP contribution in [-0.2, 0) is 4.79 Å². The van der Waals surface area contributed by atoms with Gasteiger partial charge in [0.15, 0.2) is 0 Å². The first-order chi connectivity index (χ1) is 12.0. The van der Waals surface area contributed by atoms with Crippen LogP contribution in [0, 0.1) is 13.8 Å². The summed E-state index contributed by atoms with van der Waals surface area (Å²) >= 11 is 0. The number of hydrogen-bond donors (Lipinski definition) is 2. The molecule has 0 saturated heterocycles. The van der Waals surface area contributed by atoms with Gasteiger partial charge in [0.1, 0.15) is 0 Å². The van der Waals surface area contributed by atoms with Crippen molar-refractivity contribution in [2.45, 2.75) is 13.8 Å². The molecule has 3 aromatic carbocycles. The second-order valence-electron chi connectivity index (χ2n) is 6.06. The van der Waals surface area contributed by atoms with Crippen LogP contribution < -0.4 is 10.6 Å². The van der Waals surface area contributed by atoms with Gasteiger partial charge in [-0.05, 0) is 48.6 Å². The van der Waals surface area contributed by atoms with Crippen LogP contribution in [0.3, 0.4) is 0 Å². The highest BCUT2D eigenvalue weighted by Crippen LogP contribution is 2.22. The van der Waals surface area contributed by atoms with Gasteiger partial charge in [0.2, 0.25) is 5.91 Å². The minimum atomic E-state index is -0.256. The lowest BCUT2D eigenvalue weighted by Crippen LogP contribution is -2.32. The van der Waals surface area contributed by atoms with Crippen LogP contribution in [0.2, 0.25) is 0 Å². The molecular weight excluding hydrogens is 312 g/mol. The van der Waals surface area contributed by atoms with E-state index in [0.717, 1.165) is 27.6 Å². The molecule has 0 fully saturated rings. The third-order valence-corrected chi connectivity index (χ3v) is 4.24. The summed E-state index contributed by atoms with van der Waals surface area (Å²) in [6.45, 7) is 3.88. The molecule has 0 aliphatic rings. The van der Waals surface area contributed by atoms with Crippen molar-refractivity contribution < 1.29 is 9.59 Å². The van der Waals surface area contributed by atoms with Crippen molar-refractivity contribution >= 4 is 28.3 Å². The molecule has 0 aromatic heterocycles. The number of carbonyl (C=O) groups is 2. The van der Waals surface area contributed by atoms with E-state index in [1.807, 2.05) is 68.4 Å². The van der Waals surface area contributed by atoms with Crippen molar-refractivity contribution in [3.63, 3.8) is 0 Å². The maximum Gasteiger partial charge on any atom is 0.251 e. The minimum Gasteiger partial charge on any atom is -0.343 e. The first-order valence-electron chi connectivity index (χ1n) is 8.17. The fourth-order valence-electron chi connectivity index (χ4n) is 2.67. The van der Waals surface area contributed by atoms with Gasteiger partial charge >= 0.3 is 0 Å². The summed E-state index contributed by atoms with van der Waals surface area (Å²) < 4.78 is 0. The molecule has 0 spiro atoms. The molecule has 0 aliphatic heterocycles. The van der Waals surface area contributed by atoms with E-state index in [4.69, 9.17) is 0 Å². The summed E-state index contributed by atoms with van der Waals surface area (Å²) in [6.07, 6.45) is 0. The lowest BCUT2D eigenvalue weighted by Gasteiger charge is -2.10. The maximum absolute atomic E-state index is 12.2. The zero-order chi connectivity index (χ0) is 17.8. The second-order valence-corrected chi connectivity index (χ2v) is 6.06. The van der Waals surface area contributed by atoms with Crippen molar-refractivity contribution in [1.82, 2.24) is 5.32 Å². The second kappa shape index (κ2) is 7.18. The van der Waals surface area contributed by atoms with Crippen molar-refractivity contribution in [3.05, 3.63) is 77.4 Å². The predicted molar refractivity (Wildman–Crippen MR) is 101 cm³/mol. The van der Waals surface area contributed by atoms with Gasteiger partial charge in [-0.15, -0.1) is 0 Å². The van der Waals surface area contributed by atoms with Crippen LogP contribution in [0.25, 0.3) is 10.8 Å². The van der Waals surface area contributed by atoms with Gasteiger partial charge in [0, 0.05) is 16.6 Å². The lowest BCUT2D eigenvalue weighted by atomic mass is 10.1. The number of nitrogens with one attached hydrogen (secondary N) is 2. The molecular formula is C21H20N2O2. The molecule has 0 atom stereocenters. The largest absolute Gasteiger partial charge is 0.343 e.